The average Bonchev–Trinajstić information content (AvgIpc) is 2.70. The van der Waals surface area contributed by atoms with Crippen molar-refractivity contribution in [2.45, 2.75) is 11.5 Å². The molecule has 2 aromatic rings. The fraction of sp³-hybridized carbons (Fsp3) is 0.238. The summed E-state index contributed by atoms with van der Waals surface area (Å²) in [5.41, 5.74) is 1.62. The van der Waals surface area contributed by atoms with E-state index in [2.05, 4.69) is 4.72 Å². The van der Waals surface area contributed by atoms with Gasteiger partial charge in [0.15, 0.2) is 0 Å². The number of hydrogen-bond acceptors (Lipinski definition) is 5. The Balaban J connectivity index is 1.46. The van der Waals surface area contributed by atoms with Crippen LogP contribution in [0.1, 0.15) is 11.1 Å². The molecule has 1 N–H and O–H groups in total. The van der Waals surface area contributed by atoms with E-state index in [1.165, 1.54) is 25.3 Å². The van der Waals surface area contributed by atoms with Crippen molar-refractivity contribution in [3.8, 4) is 0 Å². The van der Waals surface area contributed by atoms with Crippen molar-refractivity contribution in [3.63, 3.8) is 0 Å². The van der Waals surface area contributed by atoms with E-state index in [0.717, 1.165) is 5.56 Å². The highest BCUT2D eigenvalue weighted by atomic mass is 32.2. The molecule has 152 valence electrons. The molecule has 8 heteroatoms. The number of benzene rings is 2. The van der Waals surface area contributed by atoms with Crippen molar-refractivity contribution in [1.82, 2.24) is 9.62 Å². The molecule has 0 radical (unpaired) electrons. The number of carbonyl (C=O) groups excluding carboxylic acids is 2. The highest BCUT2D eigenvalue weighted by Gasteiger charge is 2.35. The Hall–Kier alpha value is -2.97. The SMILES string of the molecule is CNS(=O)(=O)c1ccc(C=CC(=O)N2CC(C(=O)OCc3ccccc3)C2)cc1. The number of esters is 1. The number of carbonyl (C=O) groups is 2. The van der Waals surface area contributed by atoms with Gasteiger partial charge in [0, 0.05) is 19.2 Å². The summed E-state index contributed by atoms with van der Waals surface area (Å²) in [6.07, 6.45) is 3.02. The van der Waals surface area contributed by atoms with E-state index in [1.807, 2.05) is 30.3 Å². The second-order valence-electron chi connectivity index (χ2n) is 6.64. The molecule has 1 saturated heterocycles. The molecule has 3 rings (SSSR count). The molecule has 1 aliphatic rings. The number of nitrogens with one attached hydrogen (secondary N) is 1. The lowest BCUT2D eigenvalue weighted by Crippen LogP contribution is -2.52. The van der Waals surface area contributed by atoms with Crippen molar-refractivity contribution < 1.29 is 22.7 Å². The van der Waals surface area contributed by atoms with Gasteiger partial charge >= 0.3 is 5.97 Å². The summed E-state index contributed by atoms with van der Waals surface area (Å²) >= 11 is 0. The van der Waals surface area contributed by atoms with Gasteiger partial charge in [-0.3, -0.25) is 9.59 Å². The van der Waals surface area contributed by atoms with Crippen molar-refractivity contribution in [2.75, 3.05) is 20.1 Å². The first-order chi connectivity index (χ1) is 13.9. The molecule has 1 heterocycles. The Kier molecular flexibility index (Phi) is 6.46. The maximum absolute atomic E-state index is 12.2. The molecule has 0 aromatic heterocycles. The Morgan fingerprint density at radius 2 is 1.76 bits per heavy atom. The van der Waals surface area contributed by atoms with Crippen molar-refractivity contribution in [3.05, 3.63) is 71.8 Å². The molecule has 29 heavy (non-hydrogen) atoms. The molecule has 2 aromatic carbocycles. The fourth-order valence-electron chi connectivity index (χ4n) is 2.80. The van der Waals surface area contributed by atoms with Crippen LogP contribution in [0.2, 0.25) is 0 Å². The van der Waals surface area contributed by atoms with Crippen LogP contribution >= 0.6 is 0 Å². The number of rotatable bonds is 7. The van der Waals surface area contributed by atoms with Gasteiger partial charge in [0.25, 0.3) is 0 Å². The molecule has 1 aliphatic heterocycles. The number of amides is 1. The zero-order valence-corrected chi connectivity index (χ0v) is 16.8. The van der Waals surface area contributed by atoms with Gasteiger partial charge in [0.05, 0.1) is 10.8 Å². The normalized spacial score (nSPS) is 14.6. The molecular formula is C21H22N2O5S. The predicted octanol–water partition coefficient (Wildman–Crippen LogP) is 1.81. The van der Waals surface area contributed by atoms with Crippen LogP contribution in [0.3, 0.4) is 0 Å². The Labute approximate surface area is 170 Å². The highest BCUT2D eigenvalue weighted by molar-refractivity contribution is 7.89. The maximum atomic E-state index is 12.2. The van der Waals surface area contributed by atoms with E-state index >= 15 is 0 Å². The molecule has 0 bridgehead atoms. The summed E-state index contributed by atoms with van der Waals surface area (Å²) in [5, 5.41) is 0. The minimum Gasteiger partial charge on any atom is -0.460 e. The zero-order chi connectivity index (χ0) is 20.9. The van der Waals surface area contributed by atoms with E-state index in [1.54, 1.807) is 23.1 Å². The lowest BCUT2D eigenvalue weighted by molar-refractivity contribution is -0.158. The molecule has 1 fully saturated rings. The number of sulfonamides is 1. The summed E-state index contributed by atoms with van der Waals surface area (Å²) < 4.78 is 30.9. The summed E-state index contributed by atoms with van der Waals surface area (Å²) in [7, 11) is -2.14. The predicted molar refractivity (Wildman–Crippen MR) is 108 cm³/mol. The number of hydrogen-bond donors (Lipinski definition) is 1. The Morgan fingerprint density at radius 3 is 2.38 bits per heavy atom. The summed E-state index contributed by atoms with van der Waals surface area (Å²) in [6.45, 7) is 0.885. The minimum absolute atomic E-state index is 0.156. The topological polar surface area (TPSA) is 92.8 Å². The van der Waals surface area contributed by atoms with Crippen LogP contribution in [0.4, 0.5) is 0 Å². The van der Waals surface area contributed by atoms with Crippen LogP contribution in [-0.2, 0) is 31.0 Å². The van der Waals surface area contributed by atoms with E-state index in [4.69, 9.17) is 4.74 Å². The number of ether oxygens (including phenoxy) is 1. The van der Waals surface area contributed by atoms with Gasteiger partial charge in [-0.05, 0) is 36.4 Å². The monoisotopic (exact) mass is 414 g/mol. The van der Waals surface area contributed by atoms with E-state index < -0.39 is 10.0 Å². The molecule has 1 amide bonds. The fourth-order valence-corrected chi connectivity index (χ4v) is 3.53. The van der Waals surface area contributed by atoms with Gasteiger partial charge in [-0.2, -0.15) is 0 Å². The number of nitrogens with zero attached hydrogens (tertiary/aromatic N) is 1. The van der Waals surface area contributed by atoms with Crippen LogP contribution in [-0.4, -0.2) is 45.3 Å². The van der Waals surface area contributed by atoms with Crippen molar-refractivity contribution >= 4 is 28.0 Å². The van der Waals surface area contributed by atoms with Gasteiger partial charge < -0.3 is 9.64 Å². The summed E-state index contributed by atoms with van der Waals surface area (Å²) in [5.74, 6) is -0.811. The van der Waals surface area contributed by atoms with Crippen LogP contribution in [0.15, 0.2) is 65.6 Å². The largest absolute Gasteiger partial charge is 0.460 e. The third kappa shape index (κ3) is 5.30. The molecule has 0 saturated carbocycles. The number of likely N-dealkylation sites (tertiary alicyclic amines) is 1. The van der Waals surface area contributed by atoms with Crippen molar-refractivity contribution in [1.29, 1.82) is 0 Å². The summed E-state index contributed by atoms with van der Waals surface area (Å²) in [4.78, 5) is 26.0. The third-order valence-corrected chi connectivity index (χ3v) is 6.06. The van der Waals surface area contributed by atoms with Crippen LogP contribution in [0.25, 0.3) is 6.08 Å². The van der Waals surface area contributed by atoms with Gasteiger partial charge in [-0.25, -0.2) is 13.1 Å². The lowest BCUT2D eigenvalue weighted by atomic mass is 10.0. The first-order valence-corrected chi connectivity index (χ1v) is 10.6. The molecule has 7 nitrogen and oxygen atoms in total. The van der Waals surface area contributed by atoms with E-state index in [0.29, 0.717) is 18.7 Å². The average molecular weight is 414 g/mol. The third-order valence-electron chi connectivity index (χ3n) is 4.63. The first kappa shape index (κ1) is 20.8. The van der Waals surface area contributed by atoms with Gasteiger partial charge in [0.1, 0.15) is 6.61 Å². The maximum Gasteiger partial charge on any atom is 0.312 e. The molecule has 0 aliphatic carbocycles. The Morgan fingerprint density at radius 1 is 1.10 bits per heavy atom. The van der Waals surface area contributed by atoms with Crippen LogP contribution in [0.5, 0.6) is 0 Å². The van der Waals surface area contributed by atoms with Gasteiger partial charge in [-0.1, -0.05) is 42.5 Å². The molecule has 0 spiro atoms. The highest BCUT2D eigenvalue weighted by Crippen LogP contribution is 2.19. The zero-order valence-electron chi connectivity index (χ0n) is 15.9. The van der Waals surface area contributed by atoms with Crippen molar-refractivity contribution in [2.24, 2.45) is 5.92 Å². The van der Waals surface area contributed by atoms with Gasteiger partial charge in [-0.15, -0.1) is 0 Å². The van der Waals surface area contributed by atoms with Crippen LogP contribution < -0.4 is 4.72 Å². The quantitative estimate of drug-likeness (QED) is 0.551. The van der Waals surface area contributed by atoms with Gasteiger partial charge in [0.2, 0.25) is 15.9 Å². The second kappa shape index (κ2) is 9.02. The van der Waals surface area contributed by atoms with E-state index in [9.17, 15) is 18.0 Å². The first-order valence-electron chi connectivity index (χ1n) is 9.10. The second-order valence-corrected chi connectivity index (χ2v) is 8.53. The molecule has 0 atom stereocenters. The van der Waals surface area contributed by atoms with Crippen LogP contribution in [0, 0.1) is 5.92 Å². The minimum atomic E-state index is -3.48. The Bertz CT molecular complexity index is 995. The smallest absolute Gasteiger partial charge is 0.312 e. The van der Waals surface area contributed by atoms with E-state index in [-0.39, 0.29) is 29.3 Å². The molecular weight excluding hydrogens is 392 g/mol. The standard InChI is InChI=1S/C21H22N2O5S/c1-22-29(26,27)19-10-7-16(8-11-19)9-12-20(24)23-13-18(14-23)21(25)28-15-17-5-3-2-4-6-17/h2-12,18,22H,13-15H2,1H3. The molecule has 0 unspecified atom stereocenters. The lowest BCUT2D eigenvalue weighted by Gasteiger charge is -2.36. The summed E-state index contributed by atoms with van der Waals surface area (Å²) in [6, 6.07) is 15.6.